The van der Waals surface area contributed by atoms with Crippen LogP contribution in [0.4, 0.5) is 0 Å². The highest BCUT2D eigenvalue weighted by Crippen LogP contribution is 2.22. The van der Waals surface area contributed by atoms with Crippen LogP contribution in [0.5, 0.6) is 0 Å². The van der Waals surface area contributed by atoms with Crippen molar-refractivity contribution in [2.45, 2.75) is 17.9 Å². The lowest BCUT2D eigenvalue weighted by Gasteiger charge is -2.35. The maximum atomic E-state index is 13.0. The van der Waals surface area contributed by atoms with Gasteiger partial charge in [0.05, 0.1) is 10.4 Å². The normalized spacial score (nSPS) is 16.7. The molecule has 1 aliphatic rings. The van der Waals surface area contributed by atoms with Crippen LogP contribution < -0.4 is 5.76 Å². The molecule has 30 heavy (non-hydrogen) atoms. The van der Waals surface area contributed by atoms with Crippen molar-refractivity contribution in [3.8, 4) is 0 Å². The van der Waals surface area contributed by atoms with Gasteiger partial charge in [-0.05, 0) is 43.3 Å². The summed E-state index contributed by atoms with van der Waals surface area (Å²) >= 11 is 5.84. The summed E-state index contributed by atoms with van der Waals surface area (Å²) in [6.45, 7) is 2.46. The predicted molar refractivity (Wildman–Crippen MR) is 112 cm³/mol. The second kappa shape index (κ2) is 7.90. The molecule has 1 aliphatic heterocycles. The van der Waals surface area contributed by atoms with Crippen LogP contribution in [0, 0.1) is 0 Å². The van der Waals surface area contributed by atoms with Crippen LogP contribution in [-0.2, 0) is 14.8 Å². The highest BCUT2D eigenvalue weighted by molar-refractivity contribution is 7.89. The van der Waals surface area contributed by atoms with Crippen LogP contribution in [0.2, 0.25) is 5.02 Å². The topological polar surface area (TPSA) is 92.8 Å². The average Bonchev–Trinajstić information content (AvgIpc) is 3.08. The lowest BCUT2D eigenvalue weighted by molar-refractivity contribution is -0.135. The zero-order chi connectivity index (χ0) is 21.5. The third-order valence-corrected chi connectivity index (χ3v) is 7.43. The minimum Gasteiger partial charge on any atom is -0.408 e. The summed E-state index contributed by atoms with van der Waals surface area (Å²) in [5.41, 5.74) is 0.966. The third-order valence-electron chi connectivity index (χ3n) is 5.27. The van der Waals surface area contributed by atoms with E-state index in [1.54, 1.807) is 36.1 Å². The van der Waals surface area contributed by atoms with Crippen molar-refractivity contribution in [3.63, 3.8) is 0 Å². The molecule has 1 fully saturated rings. The minimum absolute atomic E-state index is 0.163. The molecule has 0 saturated carbocycles. The summed E-state index contributed by atoms with van der Waals surface area (Å²) in [4.78, 5) is 27.0. The summed E-state index contributed by atoms with van der Waals surface area (Å²) in [6, 6.07) is 12.1. The molecule has 0 radical (unpaired) electrons. The minimum atomic E-state index is -3.66. The highest BCUT2D eigenvalue weighted by atomic mass is 35.5. The number of rotatable bonds is 4. The van der Waals surface area contributed by atoms with E-state index in [-0.39, 0.29) is 37.0 Å². The van der Waals surface area contributed by atoms with E-state index in [1.807, 2.05) is 0 Å². The van der Waals surface area contributed by atoms with Crippen LogP contribution in [0.1, 0.15) is 13.0 Å². The average molecular weight is 450 g/mol. The Balaban J connectivity index is 1.48. The first-order valence-corrected chi connectivity index (χ1v) is 11.3. The van der Waals surface area contributed by atoms with E-state index in [1.165, 1.54) is 33.1 Å². The van der Waals surface area contributed by atoms with Crippen molar-refractivity contribution < 1.29 is 17.6 Å². The van der Waals surface area contributed by atoms with Gasteiger partial charge in [-0.3, -0.25) is 9.36 Å². The number of fused-ring (bicyclic) bond motifs is 1. The number of nitrogens with zero attached hydrogens (tertiary/aromatic N) is 3. The summed E-state index contributed by atoms with van der Waals surface area (Å²) in [5.74, 6) is -0.854. The standard InChI is InChI=1S/C20H20ClN3O5S/c1-14(24-17-4-2-3-5-18(17)29-20(24)26)19(25)22-10-12-23(13-11-22)30(27,28)16-8-6-15(21)7-9-16/h2-9,14H,10-13H2,1H3. The van der Waals surface area contributed by atoms with Crippen LogP contribution in [0.25, 0.3) is 11.1 Å². The first-order chi connectivity index (χ1) is 14.3. The molecule has 1 aromatic heterocycles. The largest absolute Gasteiger partial charge is 0.420 e. The molecule has 1 unspecified atom stereocenters. The fourth-order valence-corrected chi connectivity index (χ4v) is 5.18. The molecule has 1 saturated heterocycles. The fourth-order valence-electron chi connectivity index (χ4n) is 3.63. The number of carbonyl (C=O) groups is 1. The molecule has 2 heterocycles. The number of carbonyl (C=O) groups excluding carboxylic acids is 1. The third kappa shape index (κ3) is 3.64. The van der Waals surface area contributed by atoms with Gasteiger partial charge in [-0.2, -0.15) is 4.31 Å². The summed E-state index contributed by atoms with van der Waals surface area (Å²) in [7, 11) is -3.66. The van der Waals surface area contributed by atoms with Gasteiger partial charge in [0.25, 0.3) is 0 Å². The number of hydrogen-bond acceptors (Lipinski definition) is 5. The molecule has 2 aromatic carbocycles. The Morgan fingerprint density at radius 1 is 1.03 bits per heavy atom. The molecule has 4 rings (SSSR count). The smallest absolute Gasteiger partial charge is 0.408 e. The van der Waals surface area contributed by atoms with Crippen molar-refractivity contribution in [2.75, 3.05) is 26.2 Å². The van der Waals surface area contributed by atoms with Crippen LogP contribution >= 0.6 is 11.6 Å². The Kier molecular flexibility index (Phi) is 5.44. The van der Waals surface area contributed by atoms with Gasteiger partial charge in [0.15, 0.2) is 5.58 Å². The van der Waals surface area contributed by atoms with E-state index < -0.39 is 21.8 Å². The maximum Gasteiger partial charge on any atom is 0.420 e. The van der Waals surface area contributed by atoms with Gasteiger partial charge in [-0.25, -0.2) is 13.2 Å². The number of amides is 1. The molecule has 1 atom stereocenters. The molecule has 3 aromatic rings. The number of halogens is 1. The van der Waals surface area contributed by atoms with Gasteiger partial charge in [0, 0.05) is 31.2 Å². The number of piperazine rings is 1. The molecule has 158 valence electrons. The van der Waals surface area contributed by atoms with Gasteiger partial charge >= 0.3 is 5.76 Å². The van der Waals surface area contributed by atoms with E-state index in [4.69, 9.17) is 16.0 Å². The van der Waals surface area contributed by atoms with Crippen molar-refractivity contribution in [2.24, 2.45) is 0 Å². The monoisotopic (exact) mass is 449 g/mol. The number of para-hydroxylation sites is 2. The van der Waals surface area contributed by atoms with E-state index in [2.05, 4.69) is 0 Å². The molecule has 0 spiro atoms. The molecule has 0 aliphatic carbocycles. The lowest BCUT2D eigenvalue weighted by atomic mass is 10.2. The Hall–Kier alpha value is -2.62. The molecular formula is C20H20ClN3O5S. The second-order valence-corrected chi connectivity index (χ2v) is 9.44. The van der Waals surface area contributed by atoms with Crippen LogP contribution in [0.15, 0.2) is 62.6 Å². The van der Waals surface area contributed by atoms with E-state index >= 15 is 0 Å². The van der Waals surface area contributed by atoms with Crippen LogP contribution in [-0.4, -0.2) is 54.3 Å². The molecular weight excluding hydrogens is 430 g/mol. The zero-order valence-corrected chi connectivity index (χ0v) is 17.8. The Labute approximate surface area is 178 Å². The highest BCUT2D eigenvalue weighted by Gasteiger charge is 2.32. The van der Waals surface area contributed by atoms with Gasteiger partial charge in [0.2, 0.25) is 15.9 Å². The Bertz CT molecular complexity index is 1240. The molecule has 10 heteroatoms. The first-order valence-electron chi connectivity index (χ1n) is 9.43. The summed E-state index contributed by atoms with van der Waals surface area (Å²) < 4.78 is 33.5. The second-order valence-electron chi connectivity index (χ2n) is 7.06. The van der Waals surface area contributed by atoms with Gasteiger partial charge in [-0.1, -0.05) is 23.7 Å². The maximum absolute atomic E-state index is 13.0. The van der Waals surface area contributed by atoms with E-state index in [0.29, 0.717) is 16.1 Å². The Morgan fingerprint density at radius 2 is 1.67 bits per heavy atom. The number of oxazole rings is 1. The molecule has 8 nitrogen and oxygen atoms in total. The number of benzene rings is 2. The predicted octanol–water partition coefficient (Wildman–Crippen LogP) is 2.34. The summed E-state index contributed by atoms with van der Waals surface area (Å²) in [6.07, 6.45) is 0. The molecule has 0 N–H and O–H groups in total. The van der Waals surface area contributed by atoms with E-state index in [9.17, 15) is 18.0 Å². The number of sulfonamides is 1. The number of aromatic nitrogens is 1. The van der Waals surface area contributed by atoms with Crippen molar-refractivity contribution >= 4 is 38.6 Å². The summed E-state index contributed by atoms with van der Waals surface area (Å²) in [5, 5.41) is 0.459. The number of hydrogen-bond donors (Lipinski definition) is 0. The van der Waals surface area contributed by atoms with Crippen LogP contribution in [0.3, 0.4) is 0 Å². The van der Waals surface area contributed by atoms with Gasteiger partial charge < -0.3 is 9.32 Å². The van der Waals surface area contributed by atoms with Crippen molar-refractivity contribution in [1.82, 2.24) is 13.8 Å². The fraction of sp³-hybridized carbons (Fsp3) is 0.300. The molecule has 0 bridgehead atoms. The first kappa shape index (κ1) is 20.6. The van der Waals surface area contributed by atoms with Gasteiger partial charge in [-0.15, -0.1) is 0 Å². The SMILES string of the molecule is CC(C(=O)N1CCN(S(=O)(=O)c2ccc(Cl)cc2)CC1)n1c(=O)oc2ccccc21. The lowest BCUT2D eigenvalue weighted by Crippen LogP contribution is -2.52. The van der Waals surface area contributed by atoms with Crippen molar-refractivity contribution in [3.05, 3.63) is 64.1 Å². The molecule has 1 amide bonds. The van der Waals surface area contributed by atoms with E-state index in [0.717, 1.165) is 0 Å². The van der Waals surface area contributed by atoms with Gasteiger partial charge in [0.1, 0.15) is 6.04 Å². The van der Waals surface area contributed by atoms with Crippen molar-refractivity contribution in [1.29, 1.82) is 0 Å². The Morgan fingerprint density at radius 3 is 2.33 bits per heavy atom. The quantitative estimate of drug-likeness (QED) is 0.609. The zero-order valence-electron chi connectivity index (χ0n) is 16.2.